The van der Waals surface area contributed by atoms with Crippen LogP contribution < -0.4 is 16.9 Å². The molecule has 5 N–H and O–H groups in total. The van der Waals surface area contributed by atoms with Crippen molar-refractivity contribution in [2.45, 2.75) is 12.6 Å². The molecule has 2 rings (SSSR count). The number of rotatable bonds is 0. The number of fused-ring (bicyclic) bond motifs is 1. The molecule has 0 spiro atoms. The minimum Gasteiger partial charge on any atom is -0.368 e. The van der Waals surface area contributed by atoms with Crippen LogP contribution in [0.5, 0.6) is 0 Å². The molecule has 6 heteroatoms. The maximum atomic E-state index is 5.75. The fourth-order valence-electron chi connectivity index (χ4n) is 1.15. The van der Waals surface area contributed by atoms with Crippen molar-refractivity contribution in [1.82, 2.24) is 10.4 Å². The Morgan fingerprint density at radius 2 is 2.42 bits per heavy atom. The van der Waals surface area contributed by atoms with E-state index in [4.69, 9.17) is 11.5 Å². The zero-order chi connectivity index (χ0) is 8.77. The summed E-state index contributed by atoms with van der Waals surface area (Å²) in [7, 11) is 0. The van der Waals surface area contributed by atoms with Crippen molar-refractivity contribution in [2.75, 3.05) is 0 Å². The number of nitrogens with one attached hydrogen (secondary N) is 1. The van der Waals surface area contributed by atoms with Gasteiger partial charge in [-0.25, -0.2) is 15.0 Å². The molecule has 0 saturated heterocycles. The molecule has 1 atom stereocenters. The van der Waals surface area contributed by atoms with E-state index >= 15 is 0 Å². The Hall–Kier alpha value is -1.56. The SMILES string of the molecule is CC1(N)C=C2N=CNN2C(N)=N1. The highest BCUT2D eigenvalue weighted by Gasteiger charge is 2.28. The number of hydrazine groups is 1. The molecule has 0 aromatic carbocycles. The highest BCUT2D eigenvalue weighted by molar-refractivity contribution is 5.84. The van der Waals surface area contributed by atoms with Gasteiger partial charge < -0.3 is 11.5 Å². The molecule has 0 aliphatic carbocycles. The van der Waals surface area contributed by atoms with Gasteiger partial charge in [0, 0.05) is 6.08 Å². The van der Waals surface area contributed by atoms with Crippen LogP contribution in [0, 0.1) is 0 Å². The van der Waals surface area contributed by atoms with Crippen molar-refractivity contribution in [3.8, 4) is 0 Å². The summed E-state index contributed by atoms with van der Waals surface area (Å²) in [6.07, 6.45) is 3.27. The van der Waals surface area contributed by atoms with Crippen molar-refractivity contribution in [3.05, 3.63) is 11.9 Å². The maximum Gasteiger partial charge on any atom is 0.218 e. The predicted octanol–water partition coefficient (Wildman–Crippen LogP) is -1.32. The van der Waals surface area contributed by atoms with Gasteiger partial charge in [-0.05, 0) is 6.92 Å². The second-order valence-corrected chi connectivity index (χ2v) is 2.92. The number of aliphatic imine (C=N–C) groups is 2. The molecular formula is C6H10N6. The summed E-state index contributed by atoms with van der Waals surface area (Å²) in [6.45, 7) is 1.76. The van der Waals surface area contributed by atoms with Crippen LogP contribution in [0.3, 0.4) is 0 Å². The topological polar surface area (TPSA) is 92.0 Å². The van der Waals surface area contributed by atoms with Gasteiger partial charge in [0.25, 0.3) is 0 Å². The summed E-state index contributed by atoms with van der Waals surface area (Å²) >= 11 is 0. The molecule has 12 heavy (non-hydrogen) atoms. The van der Waals surface area contributed by atoms with Gasteiger partial charge in [0.2, 0.25) is 5.96 Å². The van der Waals surface area contributed by atoms with Crippen LogP contribution in [-0.4, -0.2) is 23.0 Å². The summed E-state index contributed by atoms with van der Waals surface area (Å²) in [5.41, 5.74) is 13.4. The molecule has 6 nitrogen and oxygen atoms in total. The van der Waals surface area contributed by atoms with Crippen molar-refractivity contribution in [2.24, 2.45) is 21.5 Å². The average molecular weight is 166 g/mol. The van der Waals surface area contributed by atoms with E-state index in [-0.39, 0.29) is 0 Å². The van der Waals surface area contributed by atoms with E-state index < -0.39 is 5.66 Å². The number of nitrogens with two attached hydrogens (primary N) is 2. The van der Waals surface area contributed by atoms with Crippen LogP contribution in [0.2, 0.25) is 0 Å². The van der Waals surface area contributed by atoms with E-state index in [2.05, 4.69) is 15.4 Å². The fourth-order valence-corrected chi connectivity index (χ4v) is 1.15. The number of guanidine groups is 1. The normalized spacial score (nSPS) is 32.3. The first-order valence-corrected chi connectivity index (χ1v) is 3.54. The van der Waals surface area contributed by atoms with Gasteiger partial charge in [0.05, 0.1) is 0 Å². The van der Waals surface area contributed by atoms with Crippen LogP contribution in [0.25, 0.3) is 0 Å². The Morgan fingerprint density at radius 3 is 3.17 bits per heavy atom. The molecule has 0 fully saturated rings. The summed E-state index contributed by atoms with van der Waals surface area (Å²) in [5.74, 6) is 1.02. The minimum atomic E-state index is -0.751. The molecular weight excluding hydrogens is 156 g/mol. The van der Waals surface area contributed by atoms with Gasteiger partial charge >= 0.3 is 0 Å². The van der Waals surface area contributed by atoms with Crippen LogP contribution in [0.4, 0.5) is 0 Å². The first kappa shape index (κ1) is 7.11. The number of hydrogen-bond acceptors (Lipinski definition) is 6. The molecule has 64 valence electrons. The number of nitrogens with zero attached hydrogens (tertiary/aromatic N) is 3. The minimum absolute atomic E-state index is 0.329. The molecule has 0 amide bonds. The van der Waals surface area contributed by atoms with Crippen LogP contribution in [-0.2, 0) is 0 Å². The van der Waals surface area contributed by atoms with Gasteiger partial charge in [0.1, 0.15) is 12.0 Å². The molecule has 2 aliphatic heterocycles. The fraction of sp³-hybridized carbons (Fsp3) is 0.333. The van der Waals surface area contributed by atoms with Gasteiger partial charge in [-0.1, -0.05) is 0 Å². The van der Waals surface area contributed by atoms with E-state index in [1.165, 1.54) is 6.34 Å². The maximum absolute atomic E-state index is 5.75. The van der Waals surface area contributed by atoms with Gasteiger partial charge in [-0.2, -0.15) is 0 Å². The summed E-state index contributed by atoms with van der Waals surface area (Å²) in [6, 6.07) is 0. The highest BCUT2D eigenvalue weighted by Crippen LogP contribution is 2.18. The lowest BCUT2D eigenvalue weighted by Crippen LogP contribution is -2.49. The molecule has 2 heterocycles. The Bertz CT molecular complexity index is 299. The molecule has 0 radical (unpaired) electrons. The van der Waals surface area contributed by atoms with E-state index in [9.17, 15) is 0 Å². The van der Waals surface area contributed by atoms with Crippen LogP contribution >= 0.6 is 0 Å². The monoisotopic (exact) mass is 166 g/mol. The predicted molar refractivity (Wildman–Crippen MR) is 45.8 cm³/mol. The molecule has 2 aliphatic rings. The van der Waals surface area contributed by atoms with Crippen LogP contribution in [0.15, 0.2) is 21.9 Å². The van der Waals surface area contributed by atoms with Crippen molar-refractivity contribution in [3.63, 3.8) is 0 Å². The number of hydrogen-bond donors (Lipinski definition) is 3. The summed E-state index contributed by atoms with van der Waals surface area (Å²) in [5, 5.41) is 1.56. The summed E-state index contributed by atoms with van der Waals surface area (Å²) in [4.78, 5) is 8.05. The second-order valence-electron chi connectivity index (χ2n) is 2.92. The van der Waals surface area contributed by atoms with Gasteiger partial charge in [0.15, 0.2) is 5.82 Å². The quantitative estimate of drug-likeness (QED) is 0.416. The van der Waals surface area contributed by atoms with Gasteiger partial charge in [-0.15, -0.1) is 0 Å². The van der Waals surface area contributed by atoms with Crippen molar-refractivity contribution in [1.29, 1.82) is 0 Å². The van der Waals surface area contributed by atoms with E-state index in [1.807, 2.05) is 0 Å². The van der Waals surface area contributed by atoms with E-state index in [0.29, 0.717) is 11.8 Å². The first-order valence-electron chi connectivity index (χ1n) is 3.54. The largest absolute Gasteiger partial charge is 0.368 e. The third-order valence-corrected chi connectivity index (χ3v) is 1.62. The highest BCUT2D eigenvalue weighted by atomic mass is 15.6. The van der Waals surface area contributed by atoms with Crippen LogP contribution in [0.1, 0.15) is 6.92 Å². The lowest BCUT2D eigenvalue weighted by Gasteiger charge is -2.27. The second kappa shape index (κ2) is 1.98. The third kappa shape index (κ3) is 0.928. The lowest BCUT2D eigenvalue weighted by molar-refractivity contribution is 0.441. The lowest BCUT2D eigenvalue weighted by atomic mass is 10.2. The zero-order valence-corrected chi connectivity index (χ0v) is 6.65. The molecule has 1 unspecified atom stereocenters. The van der Waals surface area contributed by atoms with E-state index in [1.54, 1.807) is 18.0 Å². The van der Waals surface area contributed by atoms with E-state index in [0.717, 1.165) is 0 Å². The van der Waals surface area contributed by atoms with Crippen molar-refractivity contribution < 1.29 is 0 Å². The smallest absolute Gasteiger partial charge is 0.218 e. The van der Waals surface area contributed by atoms with Gasteiger partial charge in [-0.3, -0.25) is 5.43 Å². The standard InChI is InChI=1S/C6H10N6/c1-6(8)2-4-9-3-10-12(4)5(7)11-6/h2-3H,8H2,1H3,(H2,7,11)(H,9,10). The molecule has 0 saturated carbocycles. The Balaban J connectivity index is 2.41. The zero-order valence-electron chi connectivity index (χ0n) is 6.65. The molecule has 0 aromatic heterocycles. The molecule has 0 aromatic rings. The van der Waals surface area contributed by atoms with Crippen molar-refractivity contribution >= 4 is 12.3 Å². The Labute approximate surface area is 69.6 Å². The molecule has 0 bridgehead atoms. The first-order chi connectivity index (χ1) is 5.58. The summed E-state index contributed by atoms with van der Waals surface area (Å²) < 4.78 is 0. The Morgan fingerprint density at radius 1 is 1.67 bits per heavy atom. The average Bonchev–Trinajstić information content (AvgIpc) is 2.31. The Kier molecular flexibility index (Phi) is 1.17. The third-order valence-electron chi connectivity index (χ3n) is 1.62.